The fourth-order valence-electron chi connectivity index (χ4n) is 1.56. The Kier molecular flexibility index (Phi) is 3.39. The highest BCUT2D eigenvalue weighted by atomic mass is 32.2. The van der Waals surface area contributed by atoms with E-state index < -0.39 is 0 Å². The van der Waals surface area contributed by atoms with Gasteiger partial charge in [-0.3, -0.25) is 4.99 Å². The van der Waals surface area contributed by atoms with Crippen LogP contribution in [0.1, 0.15) is 6.92 Å². The number of nitrogens with zero attached hydrogens (tertiary/aromatic N) is 2. The molecule has 0 fully saturated rings. The molecule has 0 aromatic heterocycles. The quantitative estimate of drug-likeness (QED) is 0.789. The summed E-state index contributed by atoms with van der Waals surface area (Å²) in [6, 6.07) is 8.03. The molecule has 0 aliphatic carbocycles. The molecule has 0 radical (unpaired) electrons. The number of ether oxygens (including phenoxy) is 1. The molecule has 0 saturated heterocycles. The lowest BCUT2D eigenvalue weighted by Crippen LogP contribution is -2.22. The Morgan fingerprint density at radius 1 is 1.38 bits per heavy atom. The Morgan fingerprint density at radius 3 is 2.56 bits per heavy atom. The monoisotopic (exact) mass is 236 g/mol. The standard InChI is InChI=1S/C12H16N2OS/c1-9-8-13-12(16-9)14(2)10-4-6-11(15-3)7-5-10/h4-7,9H,8H2,1-3H3. The van der Waals surface area contributed by atoms with Gasteiger partial charge in [-0.2, -0.15) is 0 Å². The number of hydrogen-bond acceptors (Lipinski definition) is 4. The number of anilines is 1. The second kappa shape index (κ2) is 4.78. The van der Waals surface area contributed by atoms with Gasteiger partial charge in [0.1, 0.15) is 5.75 Å². The Hall–Kier alpha value is -1.16. The molecule has 1 aromatic carbocycles. The van der Waals surface area contributed by atoms with Crippen molar-refractivity contribution in [2.75, 3.05) is 25.6 Å². The van der Waals surface area contributed by atoms with Gasteiger partial charge in [-0.15, -0.1) is 0 Å². The van der Waals surface area contributed by atoms with Crippen LogP contribution in [0.2, 0.25) is 0 Å². The van der Waals surface area contributed by atoms with Crippen molar-refractivity contribution in [2.45, 2.75) is 12.2 Å². The first-order valence-corrected chi connectivity index (χ1v) is 6.17. The van der Waals surface area contributed by atoms with E-state index in [4.69, 9.17) is 4.74 Å². The highest BCUT2D eigenvalue weighted by molar-refractivity contribution is 8.15. The van der Waals surface area contributed by atoms with Gasteiger partial charge in [0.15, 0.2) is 5.17 Å². The SMILES string of the molecule is COc1ccc(N(C)C2=NCC(C)S2)cc1. The zero-order valence-electron chi connectivity index (χ0n) is 9.80. The third-order valence-corrected chi connectivity index (χ3v) is 3.70. The summed E-state index contributed by atoms with van der Waals surface area (Å²) in [5.41, 5.74) is 1.14. The molecule has 1 atom stereocenters. The highest BCUT2D eigenvalue weighted by Crippen LogP contribution is 2.26. The molecule has 1 heterocycles. The fraction of sp³-hybridized carbons (Fsp3) is 0.417. The van der Waals surface area contributed by atoms with Gasteiger partial charge in [-0.25, -0.2) is 0 Å². The summed E-state index contributed by atoms with van der Waals surface area (Å²) >= 11 is 1.82. The normalized spacial score (nSPS) is 19.4. The minimum absolute atomic E-state index is 0.593. The number of amidine groups is 1. The largest absolute Gasteiger partial charge is 0.497 e. The first-order valence-electron chi connectivity index (χ1n) is 5.29. The van der Waals surface area contributed by atoms with Crippen molar-refractivity contribution >= 4 is 22.6 Å². The van der Waals surface area contributed by atoms with Crippen LogP contribution >= 0.6 is 11.8 Å². The maximum atomic E-state index is 5.14. The van der Waals surface area contributed by atoms with E-state index in [1.54, 1.807) is 7.11 Å². The summed E-state index contributed by atoms with van der Waals surface area (Å²) < 4.78 is 5.14. The van der Waals surface area contributed by atoms with Crippen molar-refractivity contribution in [1.29, 1.82) is 0 Å². The van der Waals surface area contributed by atoms with Crippen molar-refractivity contribution < 1.29 is 4.74 Å². The highest BCUT2D eigenvalue weighted by Gasteiger charge is 2.19. The van der Waals surface area contributed by atoms with Crippen LogP contribution < -0.4 is 9.64 Å². The number of thioether (sulfide) groups is 1. The number of aliphatic imine (C=N–C) groups is 1. The van der Waals surface area contributed by atoms with Gasteiger partial charge in [-0.05, 0) is 24.3 Å². The summed E-state index contributed by atoms with van der Waals surface area (Å²) in [6.07, 6.45) is 0. The number of benzene rings is 1. The summed E-state index contributed by atoms with van der Waals surface area (Å²) in [5, 5.41) is 1.69. The molecule has 0 saturated carbocycles. The van der Waals surface area contributed by atoms with Gasteiger partial charge in [0, 0.05) is 18.0 Å². The van der Waals surface area contributed by atoms with E-state index in [1.807, 2.05) is 43.1 Å². The van der Waals surface area contributed by atoms with Crippen LogP contribution in [-0.2, 0) is 0 Å². The van der Waals surface area contributed by atoms with E-state index in [9.17, 15) is 0 Å². The van der Waals surface area contributed by atoms with Crippen LogP contribution in [0.4, 0.5) is 5.69 Å². The van der Waals surface area contributed by atoms with E-state index in [2.05, 4.69) is 16.8 Å². The Labute approximate surface area is 101 Å². The summed E-state index contributed by atoms with van der Waals surface area (Å²) in [7, 11) is 3.73. The minimum atomic E-state index is 0.593. The second-order valence-electron chi connectivity index (χ2n) is 3.81. The molecule has 4 heteroatoms. The third kappa shape index (κ3) is 2.32. The average Bonchev–Trinajstić information content (AvgIpc) is 2.75. The molecule has 16 heavy (non-hydrogen) atoms. The molecule has 0 spiro atoms. The smallest absolute Gasteiger partial charge is 0.163 e. The molecule has 0 amide bonds. The van der Waals surface area contributed by atoms with Gasteiger partial charge in [0.2, 0.25) is 0 Å². The van der Waals surface area contributed by atoms with E-state index in [0.29, 0.717) is 5.25 Å². The maximum Gasteiger partial charge on any atom is 0.163 e. The van der Waals surface area contributed by atoms with E-state index in [-0.39, 0.29) is 0 Å². The molecule has 2 rings (SSSR count). The molecule has 1 aliphatic rings. The lowest BCUT2D eigenvalue weighted by Gasteiger charge is -2.18. The Morgan fingerprint density at radius 2 is 2.06 bits per heavy atom. The molecular formula is C12H16N2OS. The van der Waals surface area contributed by atoms with Crippen LogP contribution in [-0.4, -0.2) is 31.1 Å². The van der Waals surface area contributed by atoms with Gasteiger partial charge in [-0.1, -0.05) is 18.7 Å². The molecule has 3 nitrogen and oxygen atoms in total. The van der Waals surface area contributed by atoms with E-state index >= 15 is 0 Å². The fourth-order valence-corrected chi connectivity index (χ4v) is 2.48. The predicted octanol–water partition coefficient (Wildman–Crippen LogP) is 2.62. The maximum absolute atomic E-state index is 5.14. The lowest BCUT2D eigenvalue weighted by molar-refractivity contribution is 0.415. The molecular weight excluding hydrogens is 220 g/mol. The molecule has 1 aromatic rings. The number of hydrogen-bond donors (Lipinski definition) is 0. The molecule has 0 bridgehead atoms. The van der Waals surface area contributed by atoms with Crippen molar-refractivity contribution in [3.63, 3.8) is 0 Å². The van der Waals surface area contributed by atoms with Crippen molar-refractivity contribution in [3.05, 3.63) is 24.3 Å². The van der Waals surface area contributed by atoms with Gasteiger partial charge < -0.3 is 9.64 Å². The first-order chi connectivity index (χ1) is 7.70. The number of rotatable bonds is 2. The molecule has 0 N–H and O–H groups in total. The minimum Gasteiger partial charge on any atom is -0.497 e. The first kappa shape index (κ1) is 11.3. The molecule has 1 aliphatic heterocycles. The van der Waals surface area contributed by atoms with Gasteiger partial charge in [0.25, 0.3) is 0 Å². The third-order valence-electron chi connectivity index (χ3n) is 2.54. The van der Waals surface area contributed by atoms with Gasteiger partial charge in [0.05, 0.1) is 13.7 Å². The van der Waals surface area contributed by atoms with Crippen LogP contribution in [0.25, 0.3) is 0 Å². The molecule has 86 valence electrons. The van der Waals surface area contributed by atoms with Crippen molar-refractivity contribution in [3.8, 4) is 5.75 Å². The Bertz CT molecular complexity index is 389. The van der Waals surface area contributed by atoms with E-state index in [0.717, 1.165) is 23.1 Å². The zero-order valence-corrected chi connectivity index (χ0v) is 10.6. The van der Waals surface area contributed by atoms with Crippen LogP contribution in [0.5, 0.6) is 5.75 Å². The second-order valence-corrected chi connectivity index (χ2v) is 5.21. The van der Waals surface area contributed by atoms with Crippen LogP contribution in [0.15, 0.2) is 29.3 Å². The molecule has 1 unspecified atom stereocenters. The predicted molar refractivity (Wildman–Crippen MR) is 70.8 cm³/mol. The zero-order chi connectivity index (χ0) is 11.5. The number of methoxy groups -OCH3 is 1. The summed E-state index contributed by atoms with van der Waals surface area (Å²) in [4.78, 5) is 6.63. The van der Waals surface area contributed by atoms with E-state index in [1.165, 1.54) is 0 Å². The lowest BCUT2D eigenvalue weighted by atomic mass is 10.3. The summed E-state index contributed by atoms with van der Waals surface area (Å²) in [5.74, 6) is 0.881. The summed E-state index contributed by atoms with van der Waals surface area (Å²) in [6.45, 7) is 3.11. The van der Waals surface area contributed by atoms with Crippen LogP contribution in [0, 0.1) is 0 Å². The average molecular weight is 236 g/mol. The van der Waals surface area contributed by atoms with Crippen molar-refractivity contribution in [1.82, 2.24) is 0 Å². The van der Waals surface area contributed by atoms with Crippen molar-refractivity contribution in [2.24, 2.45) is 4.99 Å². The Balaban J connectivity index is 2.11. The topological polar surface area (TPSA) is 24.8 Å². The van der Waals surface area contributed by atoms with Crippen LogP contribution in [0.3, 0.4) is 0 Å². The van der Waals surface area contributed by atoms with Gasteiger partial charge >= 0.3 is 0 Å².